The van der Waals surface area contributed by atoms with Gasteiger partial charge in [-0.15, -0.1) is 0 Å². The van der Waals surface area contributed by atoms with Crippen LogP contribution in [0.25, 0.3) is 0 Å². The Bertz CT molecular complexity index is 705. The summed E-state index contributed by atoms with van der Waals surface area (Å²) in [6, 6.07) is 0.602. The van der Waals surface area contributed by atoms with E-state index in [0.717, 1.165) is 48.9 Å². The first-order valence-electron chi connectivity index (χ1n) is 14.1. The summed E-state index contributed by atoms with van der Waals surface area (Å²) in [6.45, 7) is 15.2. The molecule has 0 amide bonds. The van der Waals surface area contributed by atoms with E-state index in [9.17, 15) is 5.11 Å². The zero-order valence-corrected chi connectivity index (χ0v) is 22.4. The second-order valence-electron chi connectivity index (χ2n) is 12.2. The Balaban J connectivity index is 0.000000258. The molecule has 4 aliphatic carbocycles. The van der Waals surface area contributed by atoms with Crippen LogP contribution in [0.15, 0.2) is 11.6 Å². The maximum atomic E-state index is 10.0. The van der Waals surface area contributed by atoms with Gasteiger partial charge in [-0.3, -0.25) is 0 Å². The molecule has 4 heteroatoms. The Morgan fingerprint density at radius 2 is 1.85 bits per heavy atom. The summed E-state index contributed by atoms with van der Waals surface area (Å²) < 4.78 is 0. The van der Waals surface area contributed by atoms with Gasteiger partial charge in [0.05, 0.1) is 6.10 Å². The molecule has 3 saturated carbocycles. The van der Waals surface area contributed by atoms with Gasteiger partial charge >= 0.3 is 0 Å². The van der Waals surface area contributed by atoms with Gasteiger partial charge in [0.2, 0.25) is 0 Å². The number of fused-ring (bicyclic) bond motifs is 5. The first kappa shape index (κ1) is 26.9. The molecule has 9 unspecified atom stereocenters. The Morgan fingerprint density at radius 1 is 1.12 bits per heavy atom. The fourth-order valence-corrected chi connectivity index (χ4v) is 8.62. The maximum Gasteiger partial charge on any atom is 0.0724 e. The molecule has 0 aromatic rings. The van der Waals surface area contributed by atoms with Gasteiger partial charge in [0.15, 0.2) is 0 Å². The molecule has 5 rings (SSSR count). The van der Waals surface area contributed by atoms with Crippen molar-refractivity contribution in [3.8, 4) is 0 Å². The second kappa shape index (κ2) is 10.9. The third-order valence-electron chi connectivity index (χ3n) is 10.3. The van der Waals surface area contributed by atoms with E-state index >= 15 is 0 Å². The third kappa shape index (κ3) is 5.14. The molecule has 4 fully saturated rings. The van der Waals surface area contributed by atoms with Crippen LogP contribution in [0.3, 0.4) is 0 Å². The molecule has 33 heavy (non-hydrogen) atoms. The molecule has 4 nitrogen and oxygen atoms in total. The van der Waals surface area contributed by atoms with Gasteiger partial charge in [-0.1, -0.05) is 46.3 Å². The highest BCUT2D eigenvalue weighted by Gasteiger charge is 2.59. The number of rotatable bonds is 2. The molecule has 190 valence electrons. The lowest BCUT2D eigenvalue weighted by Gasteiger charge is -2.58. The van der Waals surface area contributed by atoms with E-state index in [0.29, 0.717) is 22.8 Å². The number of allylic oxidation sites excluding steroid dienone is 1. The van der Waals surface area contributed by atoms with Crippen LogP contribution in [0.2, 0.25) is 0 Å². The van der Waals surface area contributed by atoms with Crippen molar-refractivity contribution in [3.05, 3.63) is 11.6 Å². The number of hydrogen-bond acceptors (Lipinski definition) is 4. The topological polar surface area (TPSA) is 82.1 Å². The summed E-state index contributed by atoms with van der Waals surface area (Å²) in [5.41, 5.74) is 8.67. The van der Waals surface area contributed by atoms with E-state index in [4.69, 9.17) is 11.1 Å². The van der Waals surface area contributed by atoms with Crippen molar-refractivity contribution < 1.29 is 5.11 Å². The number of nitrogens with two attached hydrogens (primary N) is 1. The monoisotopic (exact) mass is 459 g/mol. The van der Waals surface area contributed by atoms with E-state index in [-0.39, 0.29) is 6.10 Å². The SMILES string of the molecule is CC.CC(=N)C1CCC2C3CCC4=CC(O)CCC4(C)C3CCC12C.CC1CNC(CN)C1. The van der Waals surface area contributed by atoms with Gasteiger partial charge in [-0.05, 0) is 106 Å². The minimum atomic E-state index is -0.195. The molecule has 9 atom stereocenters. The molecule has 0 aromatic heterocycles. The van der Waals surface area contributed by atoms with Crippen LogP contribution in [0.5, 0.6) is 0 Å². The highest BCUT2D eigenvalue weighted by molar-refractivity contribution is 5.82. The molecule has 0 aromatic carbocycles. The van der Waals surface area contributed by atoms with Crippen molar-refractivity contribution in [3.63, 3.8) is 0 Å². The first-order valence-corrected chi connectivity index (χ1v) is 14.1. The smallest absolute Gasteiger partial charge is 0.0724 e. The summed E-state index contributed by atoms with van der Waals surface area (Å²) in [7, 11) is 0. The fourth-order valence-electron chi connectivity index (χ4n) is 8.62. The van der Waals surface area contributed by atoms with Crippen molar-refractivity contribution in [2.45, 2.75) is 111 Å². The van der Waals surface area contributed by atoms with Crippen LogP contribution >= 0.6 is 0 Å². The van der Waals surface area contributed by atoms with Gasteiger partial charge in [-0.25, -0.2) is 0 Å². The summed E-state index contributed by atoms with van der Waals surface area (Å²) in [4.78, 5) is 0. The average molecular weight is 460 g/mol. The summed E-state index contributed by atoms with van der Waals surface area (Å²) in [5.74, 6) is 3.88. The summed E-state index contributed by atoms with van der Waals surface area (Å²) >= 11 is 0. The minimum Gasteiger partial charge on any atom is -0.389 e. The first-order chi connectivity index (χ1) is 15.7. The van der Waals surface area contributed by atoms with Crippen molar-refractivity contribution in [1.82, 2.24) is 5.32 Å². The van der Waals surface area contributed by atoms with Crippen LogP contribution in [0, 0.1) is 45.8 Å². The van der Waals surface area contributed by atoms with Gasteiger partial charge < -0.3 is 21.6 Å². The van der Waals surface area contributed by atoms with E-state index in [1.165, 1.54) is 51.4 Å². The zero-order valence-electron chi connectivity index (χ0n) is 22.4. The van der Waals surface area contributed by atoms with E-state index in [2.05, 4.69) is 32.2 Å². The largest absolute Gasteiger partial charge is 0.389 e. The maximum absolute atomic E-state index is 10.0. The number of hydrogen-bond donors (Lipinski definition) is 4. The summed E-state index contributed by atoms with van der Waals surface area (Å²) in [6.07, 6.45) is 13.2. The average Bonchev–Trinajstić information content (AvgIpc) is 3.38. The van der Waals surface area contributed by atoms with Crippen molar-refractivity contribution in [1.29, 1.82) is 5.41 Å². The van der Waals surface area contributed by atoms with Gasteiger partial charge in [-0.2, -0.15) is 0 Å². The minimum absolute atomic E-state index is 0.195. The molecule has 0 radical (unpaired) electrons. The number of aliphatic hydroxyl groups is 1. The van der Waals surface area contributed by atoms with Crippen LogP contribution in [-0.2, 0) is 0 Å². The van der Waals surface area contributed by atoms with Gasteiger partial charge in [0.1, 0.15) is 0 Å². The highest BCUT2D eigenvalue weighted by Crippen LogP contribution is 2.66. The van der Waals surface area contributed by atoms with Gasteiger partial charge in [0, 0.05) is 24.2 Å². The molecule has 1 aliphatic heterocycles. The Labute approximate surface area is 204 Å². The Hall–Kier alpha value is -0.710. The molecule has 1 saturated heterocycles. The lowest BCUT2D eigenvalue weighted by atomic mass is 9.46. The highest BCUT2D eigenvalue weighted by atomic mass is 16.3. The Kier molecular flexibility index (Phi) is 8.89. The molecule has 5 aliphatic rings. The molecular weight excluding hydrogens is 406 g/mol. The lowest BCUT2D eigenvalue weighted by molar-refractivity contribution is -0.0477. The lowest BCUT2D eigenvalue weighted by Crippen LogP contribution is -2.51. The van der Waals surface area contributed by atoms with Crippen LogP contribution in [0.4, 0.5) is 0 Å². The van der Waals surface area contributed by atoms with Crippen molar-refractivity contribution in [2.75, 3.05) is 13.1 Å². The fraction of sp³-hybridized carbons (Fsp3) is 0.897. The predicted molar refractivity (Wildman–Crippen MR) is 141 cm³/mol. The second-order valence-corrected chi connectivity index (χ2v) is 12.2. The molecular formula is C29H53N3O. The van der Waals surface area contributed by atoms with Crippen LogP contribution < -0.4 is 11.1 Å². The van der Waals surface area contributed by atoms with Crippen LogP contribution in [-0.4, -0.2) is 36.1 Å². The zero-order chi connectivity index (χ0) is 24.4. The van der Waals surface area contributed by atoms with Gasteiger partial charge in [0.25, 0.3) is 0 Å². The standard InChI is InChI=1S/C21H33NO.C6H14N2.C2H6/c1-13(22)17-6-7-18-16-5-4-14-12-15(23)8-10-20(14,2)19(16)9-11-21(17,18)3;1-5-2-6(3-7)8-4-5;1-2/h12,15-19,22-23H,4-11H2,1-3H3;5-6,8H,2-4,7H2,1H3;1-2H3. The quantitative estimate of drug-likeness (QED) is 0.305. The normalized spacial score (nSPS) is 45.8. The van der Waals surface area contributed by atoms with E-state index in [1.807, 2.05) is 20.8 Å². The summed E-state index contributed by atoms with van der Waals surface area (Å²) in [5, 5.41) is 21.6. The third-order valence-corrected chi connectivity index (χ3v) is 10.3. The molecule has 0 bridgehead atoms. The van der Waals surface area contributed by atoms with Crippen molar-refractivity contribution >= 4 is 5.71 Å². The molecule has 0 spiro atoms. The Morgan fingerprint density at radius 3 is 2.42 bits per heavy atom. The number of aliphatic hydroxyl groups excluding tert-OH is 1. The van der Waals surface area contributed by atoms with Crippen LogP contribution in [0.1, 0.15) is 99.3 Å². The number of nitrogens with one attached hydrogen (secondary N) is 2. The molecule has 1 heterocycles. The van der Waals surface area contributed by atoms with Crippen molar-refractivity contribution in [2.24, 2.45) is 46.2 Å². The van der Waals surface area contributed by atoms with E-state index in [1.54, 1.807) is 5.57 Å². The predicted octanol–water partition coefficient (Wildman–Crippen LogP) is 5.94. The van der Waals surface area contributed by atoms with E-state index < -0.39 is 0 Å². The molecule has 5 N–H and O–H groups in total.